The van der Waals surface area contributed by atoms with Gasteiger partial charge in [0.2, 0.25) is 5.91 Å². The van der Waals surface area contributed by atoms with Crippen LogP contribution in [0.1, 0.15) is 46.0 Å². The molecule has 0 spiro atoms. The van der Waals surface area contributed by atoms with E-state index in [0.29, 0.717) is 11.8 Å². The predicted molar refractivity (Wildman–Crippen MR) is 65.6 cm³/mol. The van der Waals surface area contributed by atoms with Crippen LogP contribution >= 0.6 is 0 Å². The van der Waals surface area contributed by atoms with Gasteiger partial charge >= 0.3 is 0 Å². The summed E-state index contributed by atoms with van der Waals surface area (Å²) in [7, 11) is 0. The van der Waals surface area contributed by atoms with Gasteiger partial charge in [0.15, 0.2) is 0 Å². The summed E-state index contributed by atoms with van der Waals surface area (Å²) in [6, 6.07) is 0. The molecular weight excluding hydrogens is 202 g/mol. The molecule has 1 aliphatic rings. The number of hydrazine groups is 1. The first kappa shape index (κ1) is 13.5. The fourth-order valence-corrected chi connectivity index (χ4v) is 2.21. The number of nitrogens with one attached hydrogen (secondary N) is 1. The van der Waals surface area contributed by atoms with E-state index in [1.54, 1.807) is 0 Å². The largest absolute Gasteiger partial charge is 0.303 e. The molecule has 3 N–H and O–H groups in total. The zero-order valence-electron chi connectivity index (χ0n) is 10.6. The van der Waals surface area contributed by atoms with Crippen LogP contribution in [-0.4, -0.2) is 30.4 Å². The lowest BCUT2D eigenvalue weighted by Gasteiger charge is -2.38. The van der Waals surface area contributed by atoms with Crippen molar-refractivity contribution in [3.63, 3.8) is 0 Å². The maximum Gasteiger partial charge on any atom is 0.233 e. The van der Waals surface area contributed by atoms with Crippen molar-refractivity contribution in [3.05, 3.63) is 0 Å². The quantitative estimate of drug-likeness (QED) is 0.422. The molecule has 94 valence electrons. The first-order chi connectivity index (χ1) is 7.59. The second-order valence-corrected chi connectivity index (χ2v) is 5.18. The molecule has 1 rings (SSSR count). The Morgan fingerprint density at radius 2 is 2.06 bits per heavy atom. The number of nitrogens with zero attached hydrogens (tertiary/aromatic N) is 1. The summed E-state index contributed by atoms with van der Waals surface area (Å²) in [4.78, 5) is 13.4. The fraction of sp³-hybridized carbons (Fsp3) is 0.917. The maximum atomic E-state index is 10.9. The van der Waals surface area contributed by atoms with Crippen molar-refractivity contribution in [2.75, 3.05) is 19.6 Å². The van der Waals surface area contributed by atoms with Gasteiger partial charge in [-0.1, -0.05) is 20.3 Å². The molecule has 0 saturated carbocycles. The standard InChI is InChI=1S/C12H25N3O/c1-3-12(2)6-9-15(10-7-12)8-4-5-11(16)14-13/h3-10,13H2,1-2H3,(H,14,16). The van der Waals surface area contributed by atoms with Crippen LogP contribution in [0.15, 0.2) is 0 Å². The Kier molecular flexibility index (Phi) is 5.22. The highest BCUT2D eigenvalue weighted by atomic mass is 16.2. The first-order valence-corrected chi connectivity index (χ1v) is 6.31. The number of carbonyl (C=O) groups is 1. The van der Waals surface area contributed by atoms with Crippen molar-refractivity contribution < 1.29 is 4.79 Å². The van der Waals surface area contributed by atoms with Crippen molar-refractivity contribution in [3.8, 4) is 0 Å². The fourth-order valence-electron chi connectivity index (χ4n) is 2.21. The van der Waals surface area contributed by atoms with Gasteiger partial charge < -0.3 is 4.90 Å². The zero-order chi connectivity index (χ0) is 12.0. The molecule has 4 nitrogen and oxygen atoms in total. The highest BCUT2D eigenvalue weighted by molar-refractivity contribution is 5.75. The van der Waals surface area contributed by atoms with Crippen LogP contribution in [0.2, 0.25) is 0 Å². The Hall–Kier alpha value is -0.610. The number of nitrogens with two attached hydrogens (primary N) is 1. The molecule has 0 unspecified atom stereocenters. The van der Waals surface area contributed by atoms with Gasteiger partial charge in [0, 0.05) is 6.42 Å². The van der Waals surface area contributed by atoms with E-state index < -0.39 is 0 Å². The average Bonchev–Trinajstić information content (AvgIpc) is 2.31. The van der Waals surface area contributed by atoms with E-state index in [9.17, 15) is 4.79 Å². The Labute approximate surface area is 98.5 Å². The van der Waals surface area contributed by atoms with E-state index >= 15 is 0 Å². The summed E-state index contributed by atoms with van der Waals surface area (Å²) in [6.45, 7) is 8.03. The third kappa shape index (κ3) is 4.10. The molecule has 16 heavy (non-hydrogen) atoms. The molecule has 0 aromatic carbocycles. The van der Waals surface area contributed by atoms with Crippen LogP contribution in [0.25, 0.3) is 0 Å². The number of amides is 1. The summed E-state index contributed by atoms with van der Waals surface area (Å²) < 4.78 is 0. The minimum absolute atomic E-state index is 0.0598. The van der Waals surface area contributed by atoms with Crippen molar-refractivity contribution in [1.82, 2.24) is 10.3 Å². The molecule has 0 radical (unpaired) electrons. The summed E-state index contributed by atoms with van der Waals surface area (Å²) in [5.41, 5.74) is 2.71. The van der Waals surface area contributed by atoms with Gasteiger partial charge in [-0.15, -0.1) is 0 Å². The normalized spacial score (nSPS) is 20.7. The summed E-state index contributed by atoms with van der Waals surface area (Å²) in [6.07, 6.45) is 5.29. The van der Waals surface area contributed by atoms with Gasteiger partial charge in [-0.25, -0.2) is 5.84 Å². The van der Waals surface area contributed by atoms with Gasteiger partial charge in [0.05, 0.1) is 0 Å². The minimum atomic E-state index is -0.0598. The number of hydrogen-bond acceptors (Lipinski definition) is 3. The van der Waals surface area contributed by atoms with Crippen LogP contribution in [0.3, 0.4) is 0 Å². The molecule has 0 aliphatic carbocycles. The predicted octanol–water partition coefficient (Wildman–Crippen LogP) is 1.27. The molecule has 0 aromatic rings. The van der Waals surface area contributed by atoms with E-state index in [0.717, 1.165) is 13.0 Å². The van der Waals surface area contributed by atoms with Crippen molar-refractivity contribution in [2.45, 2.75) is 46.0 Å². The van der Waals surface area contributed by atoms with Crippen LogP contribution in [-0.2, 0) is 4.79 Å². The van der Waals surface area contributed by atoms with Gasteiger partial charge in [-0.2, -0.15) is 0 Å². The lowest BCUT2D eigenvalue weighted by Crippen LogP contribution is -2.39. The number of piperidine rings is 1. The highest BCUT2D eigenvalue weighted by Crippen LogP contribution is 2.33. The van der Waals surface area contributed by atoms with E-state index in [2.05, 4.69) is 24.2 Å². The Morgan fingerprint density at radius 1 is 1.44 bits per heavy atom. The first-order valence-electron chi connectivity index (χ1n) is 6.31. The topological polar surface area (TPSA) is 58.4 Å². The SMILES string of the molecule is CCC1(C)CCN(CCCC(=O)NN)CC1. The highest BCUT2D eigenvalue weighted by Gasteiger charge is 2.27. The molecule has 1 heterocycles. The Bertz CT molecular complexity index is 222. The van der Waals surface area contributed by atoms with E-state index in [-0.39, 0.29) is 5.91 Å². The van der Waals surface area contributed by atoms with Crippen LogP contribution in [0.4, 0.5) is 0 Å². The molecule has 1 saturated heterocycles. The van der Waals surface area contributed by atoms with Crippen LogP contribution in [0.5, 0.6) is 0 Å². The van der Waals surface area contributed by atoms with E-state index in [4.69, 9.17) is 5.84 Å². The molecule has 1 aliphatic heterocycles. The van der Waals surface area contributed by atoms with Gasteiger partial charge in [0.1, 0.15) is 0 Å². The molecular formula is C12H25N3O. The lowest BCUT2D eigenvalue weighted by molar-refractivity contribution is -0.121. The minimum Gasteiger partial charge on any atom is -0.303 e. The third-order valence-corrected chi connectivity index (χ3v) is 3.96. The molecule has 1 fully saturated rings. The third-order valence-electron chi connectivity index (χ3n) is 3.96. The summed E-state index contributed by atoms with van der Waals surface area (Å²) >= 11 is 0. The molecule has 0 aromatic heterocycles. The molecule has 0 atom stereocenters. The molecule has 4 heteroatoms. The summed E-state index contributed by atoms with van der Waals surface area (Å²) in [5, 5.41) is 0. The second kappa shape index (κ2) is 6.21. The van der Waals surface area contributed by atoms with E-state index in [1.165, 1.54) is 32.4 Å². The number of rotatable bonds is 5. The Morgan fingerprint density at radius 3 is 2.56 bits per heavy atom. The molecule has 1 amide bonds. The van der Waals surface area contributed by atoms with Gasteiger partial charge in [-0.3, -0.25) is 10.2 Å². The number of hydrogen-bond donors (Lipinski definition) is 2. The summed E-state index contributed by atoms with van der Waals surface area (Å²) in [5.74, 6) is 4.97. The van der Waals surface area contributed by atoms with E-state index in [1.807, 2.05) is 0 Å². The Balaban J connectivity index is 2.15. The maximum absolute atomic E-state index is 10.9. The monoisotopic (exact) mass is 227 g/mol. The van der Waals surface area contributed by atoms with Gasteiger partial charge in [0.25, 0.3) is 0 Å². The second-order valence-electron chi connectivity index (χ2n) is 5.18. The van der Waals surface area contributed by atoms with Crippen molar-refractivity contribution in [1.29, 1.82) is 0 Å². The van der Waals surface area contributed by atoms with Gasteiger partial charge in [-0.05, 0) is 44.3 Å². The van der Waals surface area contributed by atoms with Crippen LogP contribution < -0.4 is 11.3 Å². The smallest absolute Gasteiger partial charge is 0.233 e. The lowest BCUT2D eigenvalue weighted by atomic mass is 9.78. The van der Waals surface area contributed by atoms with Crippen molar-refractivity contribution in [2.24, 2.45) is 11.3 Å². The molecule has 0 bridgehead atoms. The number of likely N-dealkylation sites (tertiary alicyclic amines) is 1. The number of carbonyl (C=O) groups excluding carboxylic acids is 1. The van der Waals surface area contributed by atoms with Crippen molar-refractivity contribution >= 4 is 5.91 Å². The zero-order valence-corrected chi connectivity index (χ0v) is 10.6. The average molecular weight is 227 g/mol. The van der Waals surface area contributed by atoms with Crippen LogP contribution in [0, 0.1) is 5.41 Å².